The van der Waals surface area contributed by atoms with E-state index < -0.39 is 5.82 Å². The summed E-state index contributed by atoms with van der Waals surface area (Å²) in [6.45, 7) is 0. The van der Waals surface area contributed by atoms with Crippen LogP contribution in [0.1, 0.15) is 5.56 Å². The monoisotopic (exact) mass is 256 g/mol. The summed E-state index contributed by atoms with van der Waals surface area (Å²) in [5, 5.41) is 10.6. The Morgan fingerprint density at radius 3 is 3.06 bits per heavy atom. The molecule has 0 aliphatic rings. The minimum Gasteiger partial charge on any atom is -0.250 e. The molecule has 0 saturated heterocycles. The van der Waals surface area contributed by atoms with Gasteiger partial charge in [0.2, 0.25) is 4.77 Å². The highest BCUT2D eigenvalue weighted by molar-refractivity contribution is 7.71. The van der Waals surface area contributed by atoms with Gasteiger partial charge in [0, 0.05) is 10.6 Å². The van der Waals surface area contributed by atoms with Gasteiger partial charge in [-0.25, -0.2) is 4.39 Å². The Hall–Kier alpha value is -1.53. The van der Waals surface area contributed by atoms with E-state index >= 15 is 0 Å². The third kappa shape index (κ3) is 2.34. The molecule has 1 aromatic carbocycles. The summed E-state index contributed by atoms with van der Waals surface area (Å²) >= 11 is 10.6. The van der Waals surface area contributed by atoms with E-state index in [0.717, 1.165) is 0 Å². The highest BCUT2D eigenvalue weighted by Crippen LogP contribution is 2.13. The molecule has 0 unspecified atom stereocenters. The lowest BCUT2D eigenvalue weighted by molar-refractivity contribution is 0.625. The Kier molecular flexibility index (Phi) is 3.12. The molecule has 16 heavy (non-hydrogen) atoms. The molecule has 0 aliphatic heterocycles. The molecule has 0 amide bonds. The molecule has 1 heterocycles. The molecule has 0 bridgehead atoms. The molecule has 4 nitrogen and oxygen atoms in total. The summed E-state index contributed by atoms with van der Waals surface area (Å²) < 4.78 is 14.9. The van der Waals surface area contributed by atoms with E-state index in [1.807, 2.05) is 0 Å². The number of aromatic nitrogens is 3. The molecule has 0 saturated carbocycles. The van der Waals surface area contributed by atoms with Gasteiger partial charge >= 0.3 is 0 Å². The second-order valence-corrected chi connectivity index (χ2v) is 3.74. The summed E-state index contributed by atoms with van der Waals surface area (Å²) in [5.41, 5.74) is 0.288. The van der Waals surface area contributed by atoms with Gasteiger partial charge in [-0.1, -0.05) is 11.6 Å². The van der Waals surface area contributed by atoms with E-state index in [1.165, 1.54) is 35.4 Å². The Bertz CT molecular complexity index is 589. The van der Waals surface area contributed by atoms with Crippen LogP contribution in [0.15, 0.2) is 29.6 Å². The van der Waals surface area contributed by atoms with E-state index in [0.29, 0.717) is 9.79 Å². The zero-order chi connectivity index (χ0) is 11.5. The van der Waals surface area contributed by atoms with E-state index in [9.17, 15) is 4.39 Å². The normalized spacial score (nSPS) is 11.1. The summed E-state index contributed by atoms with van der Waals surface area (Å²) in [6.07, 6.45) is 2.72. The SMILES string of the molecule is Fc1ccc(Cl)cc1C=Nn1cn[nH]c1=S. The van der Waals surface area contributed by atoms with Gasteiger partial charge in [0.05, 0.1) is 6.21 Å². The molecule has 0 aliphatic carbocycles. The van der Waals surface area contributed by atoms with Crippen LogP contribution in [0.25, 0.3) is 0 Å². The predicted octanol–water partition coefficient (Wildman–Crippen LogP) is 2.62. The maximum Gasteiger partial charge on any atom is 0.216 e. The third-order valence-electron chi connectivity index (χ3n) is 1.81. The maximum absolute atomic E-state index is 13.3. The van der Waals surface area contributed by atoms with Crippen molar-refractivity contribution in [2.75, 3.05) is 0 Å². The van der Waals surface area contributed by atoms with Gasteiger partial charge in [0.1, 0.15) is 12.1 Å². The first kappa shape index (κ1) is 11.0. The zero-order valence-electron chi connectivity index (χ0n) is 7.89. The second kappa shape index (κ2) is 4.54. The summed E-state index contributed by atoms with van der Waals surface area (Å²) in [6, 6.07) is 4.22. The number of H-pyrrole nitrogens is 1. The molecule has 1 aromatic heterocycles. The zero-order valence-corrected chi connectivity index (χ0v) is 9.46. The van der Waals surface area contributed by atoms with E-state index in [1.54, 1.807) is 0 Å². The summed E-state index contributed by atoms with van der Waals surface area (Å²) in [4.78, 5) is 0. The minimum absolute atomic E-state index is 0.288. The van der Waals surface area contributed by atoms with Crippen molar-refractivity contribution in [3.8, 4) is 0 Å². The lowest BCUT2D eigenvalue weighted by Gasteiger charge is -1.96. The van der Waals surface area contributed by atoms with Gasteiger partial charge < -0.3 is 0 Å². The Balaban J connectivity index is 2.34. The fourth-order valence-corrected chi connectivity index (χ4v) is 1.39. The maximum atomic E-state index is 13.3. The molecule has 1 N–H and O–H groups in total. The van der Waals surface area contributed by atoms with Crippen molar-refractivity contribution in [1.82, 2.24) is 14.9 Å². The van der Waals surface area contributed by atoms with Crippen molar-refractivity contribution < 1.29 is 4.39 Å². The van der Waals surface area contributed by atoms with E-state index in [2.05, 4.69) is 15.3 Å². The molecule has 2 rings (SSSR count). The van der Waals surface area contributed by atoms with E-state index in [4.69, 9.17) is 23.8 Å². The van der Waals surface area contributed by atoms with Crippen LogP contribution in [0.5, 0.6) is 0 Å². The molecule has 0 atom stereocenters. The lowest BCUT2D eigenvalue weighted by Crippen LogP contribution is -1.92. The summed E-state index contributed by atoms with van der Waals surface area (Å²) in [5.74, 6) is -0.400. The Morgan fingerprint density at radius 1 is 1.56 bits per heavy atom. The minimum atomic E-state index is -0.400. The van der Waals surface area contributed by atoms with Crippen LogP contribution >= 0.6 is 23.8 Å². The second-order valence-electron chi connectivity index (χ2n) is 2.92. The van der Waals surface area contributed by atoms with Crippen LogP contribution in [0.2, 0.25) is 5.02 Å². The van der Waals surface area contributed by atoms with Crippen LogP contribution in [0, 0.1) is 10.6 Å². The highest BCUT2D eigenvalue weighted by atomic mass is 35.5. The van der Waals surface area contributed by atoms with Crippen molar-refractivity contribution in [3.63, 3.8) is 0 Å². The fourth-order valence-electron chi connectivity index (χ4n) is 1.06. The predicted molar refractivity (Wildman–Crippen MR) is 61.8 cm³/mol. The van der Waals surface area contributed by atoms with Gasteiger partial charge in [0.25, 0.3) is 0 Å². The van der Waals surface area contributed by atoms with Gasteiger partial charge in [-0.2, -0.15) is 14.9 Å². The van der Waals surface area contributed by atoms with Crippen LogP contribution < -0.4 is 0 Å². The standard InChI is InChI=1S/C9H6ClFN4S/c10-7-1-2-8(11)6(3-7)4-13-15-5-12-14-9(15)16/h1-5H,(H,14,16). The quantitative estimate of drug-likeness (QED) is 0.663. The Labute approximate surface area is 100 Å². The first-order valence-electron chi connectivity index (χ1n) is 4.28. The van der Waals surface area contributed by atoms with Crippen molar-refractivity contribution in [2.24, 2.45) is 5.10 Å². The van der Waals surface area contributed by atoms with Crippen molar-refractivity contribution >= 4 is 30.0 Å². The van der Waals surface area contributed by atoms with Crippen LogP contribution in [-0.2, 0) is 0 Å². The van der Waals surface area contributed by atoms with E-state index in [-0.39, 0.29) is 5.56 Å². The molecule has 82 valence electrons. The average Bonchev–Trinajstić information content (AvgIpc) is 2.66. The lowest BCUT2D eigenvalue weighted by atomic mass is 10.2. The number of rotatable bonds is 2. The van der Waals surface area contributed by atoms with Crippen LogP contribution in [-0.4, -0.2) is 21.1 Å². The van der Waals surface area contributed by atoms with Gasteiger partial charge in [-0.15, -0.1) is 0 Å². The fraction of sp³-hybridized carbons (Fsp3) is 0. The molecule has 0 radical (unpaired) electrons. The van der Waals surface area contributed by atoms with Crippen LogP contribution in [0.4, 0.5) is 4.39 Å². The molecular formula is C9H6ClFN4S. The smallest absolute Gasteiger partial charge is 0.216 e. The Morgan fingerprint density at radius 2 is 2.38 bits per heavy atom. The number of halogens is 2. The first-order valence-corrected chi connectivity index (χ1v) is 5.07. The number of nitrogens with one attached hydrogen (secondary N) is 1. The van der Waals surface area contributed by atoms with Crippen LogP contribution in [0.3, 0.4) is 0 Å². The van der Waals surface area contributed by atoms with Gasteiger partial charge in [0.15, 0.2) is 0 Å². The topological polar surface area (TPSA) is 46.0 Å². The van der Waals surface area contributed by atoms with Crippen molar-refractivity contribution in [3.05, 3.63) is 45.7 Å². The third-order valence-corrected chi connectivity index (χ3v) is 2.33. The average molecular weight is 257 g/mol. The number of hydrogen-bond donors (Lipinski definition) is 1. The molecule has 0 spiro atoms. The number of aromatic amines is 1. The van der Waals surface area contributed by atoms with Crippen molar-refractivity contribution in [1.29, 1.82) is 0 Å². The molecular weight excluding hydrogens is 251 g/mol. The van der Waals surface area contributed by atoms with Crippen molar-refractivity contribution in [2.45, 2.75) is 0 Å². The van der Waals surface area contributed by atoms with Gasteiger partial charge in [-0.3, -0.25) is 5.10 Å². The number of hydrogen-bond acceptors (Lipinski definition) is 3. The van der Waals surface area contributed by atoms with Gasteiger partial charge in [-0.05, 0) is 30.4 Å². The first-order chi connectivity index (χ1) is 7.66. The summed E-state index contributed by atoms with van der Waals surface area (Å²) in [7, 11) is 0. The number of nitrogens with zero attached hydrogens (tertiary/aromatic N) is 3. The molecule has 7 heteroatoms. The molecule has 2 aromatic rings. The number of benzene rings is 1. The molecule has 0 fully saturated rings. The largest absolute Gasteiger partial charge is 0.250 e. The highest BCUT2D eigenvalue weighted by Gasteiger charge is 2.00.